The molecule has 6 heteroatoms. The molecule has 0 aliphatic rings. The summed E-state index contributed by atoms with van der Waals surface area (Å²) in [6.07, 6.45) is 2.96. The number of unbranched alkanes of at least 4 members (excludes halogenated alkanes) is 2. The lowest BCUT2D eigenvalue weighted by atomic mass is 10.1. The summed E-state index contributed by atoms with van der Waals surface area (Å²) in [4.78, 5) is 28.0. The molecular weight excluding hydrogens is 344 g/mol. The molecule has 0 aromatic heterocycles. The first-order valence-corrected chi connectivity index (χ1v) is 10.2. The third-order valence-corrected chi connectivity index (χ3v) is 4.81. The molecule has 0 saturated heterocycles. The van der Waals surface area contributed by atoms with Crippen LogP contribution in [-0.4, -0.2) is 75.2 Å². The minimum Gasteiger partial charge on any atom is -0.462 e. The van der Waals surface area contributed by atoms with Gasteiger partial charge in [-0.25, -0.2) is 0 Å². The van der Waals surface area contributed by atoms with E-state index in [0.29, 0.717) is 24.7 Å². The van der Waals surface area contributed by atoms with Crippen LogP contribution in [0.3, 0.4) is 0 Å². The Morgan fingerprint density at radius 2 is 1.00 bits per heavy atom. The van der Waals surface area contributed by atoms with Gasteiger partial charge in [0, 0.05) is 37.8 Å². The largest absolute Gasteiger partial charge is 0.462 e. The smallest absolute Gasteiger partial charge is 0.306 e. The normalized spacial score (nSPS) is 16.1. The van der Waals surface area contributed by atoms with Crippen molar-refractivity contribution in [3.05, 3.63) is 0 Å². The number of carbonyl (C=O) groups excluding carboxylic acids is 2. The van der Waals surface area contributed by atoms with Crippen LogP contribution in [0.5, 0.6) is 0 Å². The van der Waals surface area contributed by atoms with Gasteiger partial charge in [0.1, 0.15) is 12.2 Å². The van der Waals surface area contributed by atoms with Gasteiger partial charge in [-0.2, -0.15) is 0 Å². The molecule has 0 amide bonds. The maximum absolute atomic E-state index is 11.9. The second-order valence-corrected chi connectivity index (χ2v) is 8.43. The molecule has 0 aliphatic carbocycles. The Morgan fingerprint density at radius 1 is 0.667 bits per heavy atom. The summed E-state index contributed by atoms with van der Waals surface area (Å²) in [5.74, 6) is 0.301. The van der Waals surface area contributed by atoms with E-state index in [2.05, 4.69) is 23.6 Å². The standard InChI is InChI=1S/C21H42N2O4/c1-16(14-22(5)6)18(3)26-20(24)12-10-9-11-13-21(25)27-19(4)17(2)15-23(7)8/h16-19H,9-15H2,1-8H3/t16-,17-,18+,19+/m1/s1. The summed E-state index contributed by atoms with van der Waals surface area (Å²) in [5, 5.41) is 0. The van der Waals surface area contributed by atoms with E-state index in [1.54, 1.807) is 0 Å². The quantitative estimate of drug-likeness (QED) is 0.337. The lowest BCUT2D eigenvalue weighted by molar-refractivity contribution is -0.151. The second kappa shape index (κ2) is 13.9. The van der Waals surface area contributed by atoms with Gasteiger partial charge in [0.05, 0.1) is 0 Å². The van der Waals surface area contributed by atoms with Crippen LogP contribution in [0, 0.1) is 11.8 Å². The minimum atomic E-state index is -0.151. The van der Waals surface area contributed by atoms with Crippen molar-refractivity contribution in [2.24, 2.45) is 11.8 Å². The maximum Gasteiger partial charge on any atom is 0.306 e. The van der Waals surface area contributed by atoms with Crippen LogP contribution in [0.25, 0.3) is 0 Å². The van der Waals surface area contributed by atoms with Crippen molar-refractivity contribution in [2.75, 3.05) is 41.3 Å². The van der Waals surface area contributed by atoms with E-state index < -0.39 is 0 Å². The van der Waals surface area contributed by atoms with Gasteiger partial charge in [0.2, 0.25) is 0 Å². The Bertz CT molecular complexity index is 388. The molecule has 0 aliphatic heterocycles. The Labute approximate surface area is 166 Å². The van der Waals surface area contributed by atoms with Gasteiger partial charge in [-0.05, 0) is 54.9 Å². The zero-order valence-corrected chi connectivity index (χ0v) is 18.8. The van der Waals surface area contributed by atoms with Crippen molar-refractivity contribution in [1.82, 2.24) is 9.80 Å². The fraction of sp³-hybridized carbons (Fsp3) is 0.905. The molecule has 0 aromatic carbocycles. The van der Waals surface area contributed by atoms with E-state index in [0.717, 1.165) is 32.4 Å². The third kappa shape index (κ3) is 13.6. The zero-order chi connectivity index (χ0) is 21.0. The summed E-state index contributed by atoms with van der Waals surface area (Å²) in [6, 6.07) is 0. The number of carbonyl (C=O) groups is 2. The molecule has 27 heavy (non-hydrogen) atoms. The zero-order valence-electron chi connectivity index (χ0n) is 18.8. The molecule has 0 fully saturated rings. The molecule has 0 heterocycles. The highest BCUT2D eigenvalue weighted by atomic mass is 16.5. The van der Waals surface area contributed by atoms with E-state index in [9.17, 15) is 9.59 Å². The van der Waals surface area contributed by atoms with E-state index in [1.807, 2.05) is 42.0 Å². The molecule has 0 unspecified atom stereocenters. The highest BCUT2D eigenvalue weighted by Gasteiger charge is 2.18. The van der Waals surface area contributed by atoms with Crippen LogP contribution in [0.2, 0.25) is 0 Å². The SMILES string of the molecule is C[C@H](CN(C)C)[C@H](C)OC(=O)CCCCCC(=O)O[C@@H](C)[C@H](C)CN(C)C. The summed E-state index contributed by atoms with van der Waals surface area (Å²) in [5.41, 5.74) is 0. The molecule has 0 radical (unpaired) electrons. The predicted molar refractivity (Wildman–Crippen MR) is 110 cm³/mol. The van der Waals surface area contributed by atoms with Gasteiger partial charge in [-0.1, -0.05) is 20.3 Å². The monoisotopic (exact) mass is 386 g/mol. The number of esters is 2. The van der Waals surface area contributed by atoms with Gasteiger partial charge >= 0.3 is 11.9 Å². The molecule has 4 atom stereocenters. The molecule has 0 aromatic rings. The first kappa shape index (κ1) is 25.9. The van der Waals surface area contributed by atoms with E-state index in [1.165, 1.54) is 0 Å². The highest BCUT2D eigenvalue weighted by molar-refractivity contribution is 5.70. The van der Waals surface area contributed by atoms with Crippen LogP contribution in [0.4, 0.5) is 0 Å². The molecule has 6 nitrogen and oxygen atoms in total. The highest BCUT2D eigenvalue weighted by Crippen LogP contribution is 2.13. The first-order valence-electron chi connectivity index (χ1n) is 10.2. The summed E-state index contributed by atoms with van der Waals surface area (Å²) >= 11 is 0. The number of hydrogen-bond donors (Lipinski definition) is 0. The van der Waals surface area contributed by atoms with Crippen LogP contribution < -0.4 is 0 Å². The molecule has 0 rings (SSSR count). The van der Waals surface area contributed by atoms with Crippen molar-refractivity contribution in [3.63, 3.8) is 0 Å². The number of nitrogens with zero attached hydrogens (tertiary/aromatic N) is 2. The topological polar surface area (TPSA) is 59.1 Å². The van der Waals surface area contributed by atoms with Gasteiger partial charge in [0.15, 0.2) is 0 Å². The van der Waals surface area contributed by atoms with Crippen LogP contribution in [0.15, 0.2) is 0 Å². The first-order chi connectivity index (χ1) is 12.5. The van der Waals surface area contributed by atoms with Gasteiger partial charge in [-0.15, -0.1) is 0 Å². The summed E-state index contributed by atoms with van der Waals surface area (Å²) in [6.45, 7) is 9.85. The molecule has 0 bridgehead atoms. The number of ether oxygens (including phenoxy) is 2. The van der Waals surface area contributed by atoms with Gasteiger partial charge in [-0.3, -0.25) is 9.59 Å². The van der Waals surface area contributed by atoms with Gasteiger partial charge in [0.25, 0.3) is 0 Å². The lowest BCUT2D eigenvalue weighted by Gasteiger charge is -2.23. The fourth-order valence-corrected chi connectivity index (χ4v) is 2.93. The average molecular weight is 387 g/mol. The van der Waals surface area contributed by atoms with E-state index in [4.69, 9.17) is 9.47 Å². The van der Waals surface area contributed by atoms with E-state index in [-0.39, 0.29) is 24.1 Å². The van der Waals surface area contributed by atoms with E-state index >= 15 is 0 Å². The van der Waals surface area contributed by atoms with Crippen molar-refractivity contribution in [1.29, 1.82) is 0 Å². The van der Waals surface area contributed by atoms with Crippen molar-refractivity contribution in [3.8, 4) is 0 Å². The van der Waals surface area contributed by atoms with Crippen molar-refractivity contribution < 1.29 is 19.1 Å². The Kier molecular flexibility index (Phi) is 13.4. The lowest BCUT2D eigenvalue weighted by Crippen LogP contribution is -2.30. The number of hydrogen-bond acceptors (Lipinski definition) is 6. The third-order valence-electron chi connectivity index (χ3n) is 4.81. The molecular formula is C21H42N2O4. The number of rotatable bonds is 14. The fourth-order valence-electron chi connectivity index (χ4n) is 2.93. The average Bonchev–Trinajstić information content (AvgIpc) is 2.52. The van der Waals surface area contributed by atoms with Crippen LogP contribution >= 0.6 is 0 Å². The van der Waals surface area contributed by atoms with Crippen molar-refractivity contribution in [2.45, 2.75) is 72.0 Å². The summed E-state index contributed by atoms with van der Waals surface area (Å²) < 4.78 is 11.0. The molecule has 0 N–H and O–H groups in total. The Balaban J connectivity index is 3.86. The molecule has 160 valence electrons. The molecule has 0 saturated carbocycles. The maximum atomic E-state index is 11.9. The minimum absolute atomic E-state index is 0.0829. The van der Waals surface area contributed by atoms with Crippen LogP contribution in [0.1, 0.15) is 59.8 Å². The Morgan fingerprint density at radius 3 is 1.30 bits per heavy atom. The van der Waals surface area contributed by atoms with Gasteiger partial charge < -0.3 is 19.3 Å². The van der Waals surface area contributed by atoms with Crippen LogP contribution in [-0.2, 0) is 19.1 Å². The Hall–Kier alpha value is -1.14. The predicted octanol–water partition coefficient (Wildman–Crippen LogP) is 3.20. The van der Waals surface area contributed by atoms with Crippen molar-refractivity contribution >= 4 is 11.9 Å². The summed E-state index contributed by atoms with van der Waals surface area (Å²) in [7, 11) is 8.05. The molecule has 0 spiro atoms. The second-order valence-electron chi connectivity index (χ2n) is 8.43.